The van der Waals surface area contributed by atoms with Crippen molar-refractivity contribution in [1.29, 1.82) is 0 Å². The van der Waals surface area contributed by atoms with Gasteiger partial charge in [-0.15, -0.1) is 0 Å². The predicted molar refractivity (Wildman–Crippen MR) is 67.8 cm³/mol. The highest BCUT2D eigenvalue weighted by Gasteiger charge is 2.12. The largest absolute Gasteiger partial charge is 0.359 e. The average molecular weight is 262 g/mol. The number of nitrogens with zero attached hydrogens (tertiary/aromatic N) is 2. The van der Waals surface area contributed by atoms with Crippen LogP contribution in [0.1, 0.15) is 26.7 Å². The van der Waals surface area contributed by atoms with Crippen LogP contribution in [0.25, 0.3) is 0 Å². The highest BCUT2D eigenvalue weighted by Crippen LogP contribution is 2.10. The number of hydrogen-bond acceptors (Lipinski definition) is 5. The molecule has 0 radical (unpaired) electrons. The SMILES string of the molecule is CC(C)CN1C=CN(CCCCO[SH](=O)=O)C1. The van der Waals surface area contributed by atoms with Crippen LogP contribution in [0, 0.1) is 5.92 Å². The second-order valence-electron chi connectivity index (χ2n) is 4.68. The number of rotatable bonds is 8. The normalized spacial score (nSPS) is 15.5. The highest BCUT2D eigenvalue weighted by molar-refractivity contribution is 7.67. The lowest BCUT2D eigenvalue weighted by atomic mass is 10.2. The van der Waals surface area contributed by atoms with Gasteiger partial charge < -0.3 is 9.80 Å². The van der Waals surface area contributed by atoms with Gasteiger partial charge in [-0.1, -0.05) is 13.8 Å². The molecule has 0 atom stereocenters. The molecule has 17 heavy (non-hydrogen) atoms. The van der Waals surface area contributed by atoms with E-state index < -0.39 is 11.0 Å². The van der Waals surface area contributed by atoms with E-state index in [1.807, 2.05) is 0 Å². The van der Waals surface area contributed by atoms with E-state index in [1.54, 1.807) is 0 Å². The second kappa shape index (κ2) is 7.55. The fourth-order valence-electron chi connectivity index (χ4n) is 1.81. The van der Waals surface area contributed by atoms with Gasteiger partial charge in [0, 0.05) is 25.5 Å². The van der Waals surface area contributed by atoms with Crippen LogP contribution in [0.5, 0.6) is 0 Å². The first-order valence-corrected chi connectivity index (χ1v) is 7.11. The van der Waals surface area contributed by atoms with Crippen molar-refractivity contribution in [2.75, 3.05) is 26.4 Å². The van der Waals surface area contributed by atoms with Crippen molar-refractivity contribution in [2.45, 2.75) is 26.7 Å². The first-order valence-electron chi connectivity index (χ1n) is 6.01. The van der Waals surface area contributed by atoms with Gasteiger partial charge in [0.15, 0.2) is 0 Å². The van der Waals surface area contributed by atoms with Crippen LogP contribution in [0.3, 0.4) is 0 Å². The van der Waals surface area contributed by atoms with E-state index in [2.05, 4.69) is 40.2 Å². The standard InChI is InChI=1S/C11H22N2O3S/c1-11(2)9-13-7-6-12(10-13)5-3-4-8-16-17(14)15/h6-7,11,17H,3-5,8-10H2,1-2H3. The van der Waals surface area contributed by atoms with E-state index in [9.17, 15) is 8.42 Å². The minimum atomic E-state index is -2.68. The van der Waals surface area contributed by atoms with Crippen molar-refractivity contribution >= 4 is 11.0 Å². The molecule has 5 nitrogen and oxygen atoms in total. The Bertz CT molecular complexity index is 308. The Labute approximate surface area is 105 Å². The van der Waals surface area contributed by atoms with Crippen LogP contribution in [-0.2, 0) is 15.2 Å². The van der Waals surface area contributed by atoms with E-state index in [4.69, 9.17) is 0 Å². The summed E-state index contributed by atoms with van der Waals surface area (Å²) in [5, 5.41) is 0. The van der Waals surface area contributed by atoms with E-state index in [0.717, 1.165) is 32.6 Å². The van der Waals surface area contributed by atoms with Gasteiger partial charge in [0.1, 0.15) is 0 Å². The molecule has 1 aliphatic heterocycles. The molecule has 0 aromatic heterocycles. The second-order valence-corrected chi connectivity index (χ2v) is 5.39. The van der Waals surface area contributed by atoms with E-state index >= 15 is 0 Å². The lowest BCUT2D eigenvalue weighted by molar-refractivity contribution is 0.237. The molecule has 0 saturated heterocycles. The maximum absolute atomic E-state index is 10.2. The molecule has 0 spiro atoms. The van der Waals surface area contributed by atoms with Crippen molar-refractivity contribution < 1.29 is 12.6 Å². The quantitative estimate of drug-likeness (QED) is 0.522. The first-order chi connectivity index (χ1) is 8.08. The van der Waals surface area contributed by atoms with Crippen LogP contribution in [0.4, 0.5) is 0 Å². The molecule has 6 heteroatoms. The number of unbranched alkanes of at least 4 members (excludes halogenated alkanes) is 1. The molecule has 0 amide bonds. The van der Waals surface area contributed by atoms with Crippen molar-refractivity contribution in [3.8, 4) is 0 Å². The van der Waals surface area contributed by atoms with Crippen LogP contribution >= 0.6 is 0 Å². The maximum atomic E-state index is 10.2. The van der Waals surface area contributed by atoms with Crippen LogP contribution in [0.2, 0.25) is 0 Å². The summed E-state index contributed by atoms with van der Waals surface area (Å²) < 4.78 is 24.8. The third kappa shape index (κ3) is 6.53. The van der Waals surface area contributed by atoms with Gasteiger partial charge in [0.25, 0.3) is 11.0 Å². The first kappa shape index (κ1) is 14.3. The van der Waals surface area contributed by atoms with Crippen LogP contribution in [-0.4, -0.2) is 44.6 Å². The zero-order valence-electron chi connectivity index (χ0n) is 10.5. The number of hydrogen-bond donors (Lipinski definition) is 1. The molecular weight excluding hydrogens is 240 g/mol. The van der Waals surface area contributed by atoms with Gasteiger partial charge in [-0.25, -0.2) is 8.42 Å². The molecule has 0 bridgehead atoms. The Morgan fingerprint density at radius 2 is 1.94 bits per heavy atom. The molecule has 1 rings (SSSR count). The molecule has 1 aliphatic rings. The van der Waals surface area contributed by atoms with Gasteiger partial charge in [0.05, 0.1) is 13.3 Å². The average Bonchev–Trinajstić information content (AvgIpc) is 2.63. The summed E-state index contributed by atoms with van der Waals surface area (Å²) in [7, 11) is -2.68. The minimum Gasteiger partial charge on any atom is -0.359 e. The molecule has 0 saturated carbocycles. The highest BCUT2D eigenvalue weighted by atomic mass is 32.2. The monoisotopic (exact) mass is 262 g/mol. The van der Waals surface area contributed by atoms with Gasteiger partial charge in [-0.05, 0) is 18.8 Å². The van der Waals surface area contributed by atoms with Crippen molar-refractivity contribution in [2.24, 2.45) is 5.92 Å². The molecule has 1 heterocycles. The molecule has 0 unspecified atom stereocenters. The summed E-state index contributed by atoms with van der Waals surface area (Å²) in [6.07, 6.45) is 5.93. The van der Waals surface area contributed by atoms with Crippen LogP contribution < -0.4 is 0 Å². The summed E-state index contributed by atoms with van der Waals surface area (Å²) in [6.45, 7) is 7.67. The van der Waals surface area contributed by atoms with E-state index in [0.29, 0.717) is 12.5 Å². The predicted octanol–water partition coefficient (Wildman–Crippen LogP) is 1.01. The third-order valence-corrected chi connectivity index (χ3v) is 2.88. The van der Waals surface area contributed by atoms with Gasteiger partial charge in [0.2, 0.25) is 0 Å². The fraction of sp³-hybridized carbons (Fsp3) is 0.818. The summed E-state index contributed by atoms with van der Waals surface area (Å²) in [6, 6.07) is 0. The topological polar surface area (TPSA) is 49.9 Å². The zero-order chi connectivity index (χ0) is 12.7. The van der Waals surface area contributed by atoms with Crippen molar-refractivity contribution in [3.63, 3.8) is 0 Å². The van der Waals surface area contributed by atoms with Crippen molar-refractivity contribution in [3.05, 3.63) is 12.4 Å². The Hall–Kier alpha value is -0.750. The maximum Gasteiger partial charge on any atom is 0.257 e. The lowest BCUT2D eigenvalue weighted by Crippen LogP contribution is -2.28. The van der Waals surface area contributed by atoms with Gasteiger partial charge in [-0.3, -0.25) is 4.18 Å². The molecule has 0 fully saturated rings. The molecule has 0 aliphatic carbocycles. The zero-order valence-corrected chi connectivity index (χ0v) is 11.4. The molecule has 0 N–H and O–H groups in total. The molecular formula is C11H22N2O3S. The summed E-state index contributed by atoms with van der Waals surface area (Å²) in [5.41, 5.74) is 0. The molecule has 0 aromatic carbocycles. The molecule has 0 aromatic rings. The van der Waals surface area contributed by atoms with Crippen LogP contribution in [0.15, 0.2) is 12.4 Å². The molecule has 100 valence electrons. The Balaban J connectivity index is 2.04. The van der Waals surface area contributed by atoms with Gasteiger partial charge >= 0.3 is 0 Å². The Morgan fingerprint density at radius 3 is 2.59 bits per heavy atom. The smallest absolute Gasteiger partial charge is 0.257 e. The Kier molecular flexibility index (Phi) is 6.36. The summed E-state index contributed by atoms with van der Waals surface area (Å²) in [5.74, 6) is 0.668. The summed E-state index contributed by atoms with van der Waals surface area (Å²) in [4.78, 5) is 4.52. The fourth-order valence-corrected chi connectivity index (χ4v) is 2.08. The summed E-state index contributed by atoms with van der Waals surface area (Å²) >= 11 is 0. The minimum absolute atomic E-state index is 0.298. The Morgan fingerprint density at radius 1 is 1.24 bits per heavy atom. The van der Waals surface area contributed by atoms with E-state index in [-0.39, 0.29) is 0 Å². The van der Waals surface area contributed by atoms with Crippen molar-refractivity contribution in [1.82, 2.24) is 9.80 Å². The van der Waals surface area contributed by atoms with Gasteiger partial charge in [-0.2, -0.15) is 0 Å². The number of thiol groups is 1. The van der Waals surface area contributed by atoms with E-state index in [1.165, 1.54) is 0 Å². The third-order valence-electron chi connectivity index (χ3n) is 2.49. The lowest BCUT2D eigenvalue weighted by Gasteiger charge is -2.22.